The number of hydrogen-bond donors (Lipinski definition) is 1. The Balaban J connectivity index is 0.000000291. The highest BCUT2D eigenvalue weighted by Gasteiger charge is 2.09. The molecule has 0 saturated heterocycles. The van der Waals surface area contributed by atoms with Crippen molar-refractivity contribution in [2.24, 2.45) is 0 Å². The summed E-state index contributed by atoms with van der Waals surface area (Å²) in [5, 5.41) is 8.40. The van der Waals surface area contributed by atoms with Crippen molar-refractivity contribution in [3.8, 4) is 0 Å². The number of ketones is 2. The van der Waals surface area contributed by atoms with E-state index in [1.807, 2.05) is 38.1 Å². The van der Waals surface area contributed by atoms with Gasteiger partial charge in [0.05, 0.1) is 20.0 Å². The van der Waals surface area contributed by atoms with Crippen LogP contribution in [0.1, 0.15) is 57.5 Å². The van der Waals surface area contributed by atoms with Crippen molar-refractivity contribution >= 4 is 23.5 Å². The van der Waals surface area contributed by atoms with Crippen LogP contribution in [0.25, 0.3) is 0 Å². The van der Waals surface area contributed by atoms with Gasteiger partial charge in [-0.3, -0.25) is 19.2 Å². The van der Waals surface area contributed by atoms with Gasteiger partial charge < -0.3 is 9.84 Å². The topological polar surface area (TPSA) is 97.7 Å². The maximum Gasteiger partial charge on any atom is 0.305 e. The zero-order valence-corrected chi connectivity index (χ0v) is 16.9. The van der Waals surface area contributed by atoms with E-state index in [9.17, 15) is 19.2 Å². The third kappa shape index (κ3) is 9.46. The number of carboxylic acid groups (broad SMARTS) is 1. The molecule has 0 atom stereocenters. The Hall–Kier alpha value is -3.28. The summed E-state index contributed by atoms with van der Waals surface area (Å²) in [5.74, 6) is -1.44. The van der Waals surface area contributed by atoms with Gasteiger partial charge in [-0.05, 0) is 13.8 Å². The monoisotopic (exact) mass is 398 g/mol. The Bertz CT molecular complexity index is 835. The summed E-state index contributed by atoms with van der Waals surface area (Å²) in [4.78, 5) is 44.0. The number of ether oxygens (including phenoxy) is 1. The van der Waals surface area contributed by atoms with E-state index in [0.29, 0.717) is 11.1 Å². The van der Waals surface area contributed by atoms with Crippen molar-refractivity contribution in [1.82, 2.24) is 0 Å². The molecule has 0 aromatic heterocycles. The van der Waals surface area contributed by atoms with Gasteiger partial charge in [0, 0.05) is 24.0 Å². The number of hydrogen-bond acceptors (Lipinski definition) is 5. The Morgan fingerprint density at radius 2 is 1.07 bits per heavy atom. The van der Waals surface area contributed by atoms with Crippen molar-refractivity contribution < 1.29 is 29.0 Å². The fourth-order valence-electron chi connectivity index (χ4n) is 2.31. The molecule has 0 spiro atoms. The first kappa shape index (κ1) is 23.8. The molecule has 0 aliphatic rings. The molecule has 2 rings (SSSR count). The van der Waals surface area contributed by atoms with Crippen molar-refractivity contribution in [3.05, 3.63) is 70.8 Å². The summed E-state index contributed by atoms with van der Waals surface area (Å²) < 4.78 is 4.46. The normalized spacial score (nSPS) is 9.76. The van der Waals surface area contributed by atoms with Gasteiger partial charge in [-0.25, -0.2) is 0 Å². The van der Waals surface area contributed by atoms with Crippen LogP contribution < -0.4 is 0 Å². The van der Waals surface area contributed by atoms with Crippen LogP contribution in [0.5, 0.6) is 0 Å². The van der Waals surface area contributed by atoms with Crippen LogP contribution >= 0.6 is 0 Å². The molecule has 0 bridgehead atoms. The summed E-state index contributed by atoms with van der Waals surface area (Å²) in [5.41, 5.74) is 3.42. The first-order chi connectivity index (χ1) is 13.7. The van der Waals surface area contributed by atoms with Crippen molar-refractivity contribution in [2.45, 2.75) is 39.5 Å². The standard InChI is InChI=1S/C12H14O3.C11H12O3/c1-9-3-5-10(6-4-9)11(13)7-8-12(14)15-2;1-8-2-4-9(5-3-8)10(12)6-7-11(13)14/h3-6H,7-8H2,1-2H3;2-5H,6-7H2,1H3,(H,13,14). The zero-order valence-electron chi connectivity index (χ0n) is 16.9. The summed E-state index contributed by atoms with van der Waals surface area (Å²) in [7, 11) is 1.32. The van der Waals surface area contributed by atoms with E-state index in [4.69, 9.17) is 5.11 Å². The molecule has 6 nitrogen and oxygen atoms in total. The molecule has 0 aliphatic carbocycles. The van der Waals surface area contributed by atoms with Crippen molar-refractivity contribution in [1.29, 1.82) is 0 Å². The predicted octanol–water partition coefficient (Wildman–Crippen LogP) is 4.17. The maximum atomic E-state index is 11.6. The van der Waals surface area contributed by atoms with Crippen LogP contribution in [0, 0.1) is 13.8 Å². The minimum absolute atomic E-state index is 0.0274. The van der Waals surface area contributed by atoms with E-state index in [1.54, 1.807) is 24.3 Å². The van der Waals surface area contributed by atoms with Gasteiger partial charge in [0.15, 0.2) is 11.6 Å². The lowest BCUT2D eigenvalue weighted by molar-refractivity contribution is -0.140. The van der Waals surface area contributed by atoms with Gasteiger partial charge in [-0.2, -0.15) is 0 Å². The molecule has 0 unspecified atom stereocenters. The Morgan fingerprint density at radius 1 is 0.690 bits per heavy atom. The van der Waals surface area contributed by atoms with Gasteiger partial charge in [-0.1, -0.05) is 59.7 Å². The van der Waals surface area contributed by atoms with E-state index in [2.05, 4.69) is 4.74 Å². The van der Waals surface area contributed by atoms with Crippen LogP contribution in [-0.4, -0.2) is 35.7 Å². The average molecular weight is 398 g/mol. The first-order valence-corrected chi connectivity index (χ1v) is 9.21. The molecule has 0 amide bonds. The van der Waals surface area contributed by atoms with Crippen molar-refractivity contribution in [3.63, 3.8) is 0 Å². The summed E-state index contributed by atoms with van der Waals surface area (Å²) in [6.07, 6.45) is 0.310. The Morgan fingerprint density at radius 3 is 1.41 bits per heavy atom. The molecule has 6 heteroatoms. The molecule has 0 radical (unpaired) electrons. The zero-order chi connectivity index (χ0) is 21.8. The van der Waals surface area contributed by atoms with Crippen LogP contribution in [0.3, 0.4) is 0 Å². The fraction of sp³-hybridized carbons (Fsp3) is 0.304. The number of carbonyl (C=O) groups excluding carboxylic acids is 3. The minimum Gasteiger partial charge on any atom is -0.481 e. The highest BCUT2D eigenvalue weighted by Crippen LogP contribution is 2.08. The third-order valence-electron chi connectivity index (χ3n) is 4.10. The lowest BCUT2D eigenvalue weighted by Crippen LogP contribution is -2.05. The lowest BCUT2D eigenvalue weighted by Gasteiger charge is -2.00. The van der Waals surface area contributed by atoms with E-state index in [1.165, 1.54) is 7.11 Å². The Labute approximate surface area is 170 Å². The van der Waals surface area contributed by atoms with Crippen LogP contribution in [0.2, 0.25) is 0 Å². The predicted molar refractivity (Wildman–Crippen MR) is 109 cm³/mol. The largest absolute Gasteiger partial charge is 0.481 e. The highest BCUT2D eigenvalue weighted by molar-refractivity contribution is 5.98. The molecule has 0 aliphatic heterocycles. The second-order valence-electron chi connectivity index (χ2n) is 6.55. The van der Waals surface area contributed by atoms with Crippen LogP contribution in [0.4, 0.5) is 0 Å². The van der Waals surface area contributed by atoms with Crippen LogP contribution in [0.15, 0.2) is 48.5 Å². The first-order valence-electron chi connectivity index (χ1n) is 9.21. The molecule has 0 fully saturated rings. The fourth-order valence-corrected chi connectivity index (χ4v) is 2.31. The SMILES string of the molecule is COC(=O)CCC(=O)c1ccc(C)cc1.Cc1ccc(C(=O)CCC(=O)O)cc1. The smallest absolute Gasteiger partial charge is 0.305 e. The maximum absolute atomic E-state index is 11.6. The van der Waals surface area contributed by atoms with Gasteiger partial charge in [-0.15, -0.1) is 0 Å². The number of rotatable bonds is 8. The number of Topliss-reactive ketones (excluding diaryl/α,β-unsaturated/α-hetero) is 2. The summed E-state index contributed by atoms with van der Waals surface area (Å²) >= 11 is 0. The molecule has 29 heavy (non-hydrogen) atoms. The molecule has 1 N–H and O–H groups in total. The van der Waals surface area contributed by atoms with E-state index in [0.717, 1.165) is 11.1 Å². The molecule has 0 saturated carbocycles. The number of methoxy groups -OCH3 is 1. The molecule has 2 aromatic rings. The van der Waals surface area contributed by atoms with Gasteiger partial charge >= 0.3 is 11.9 Å². The van der Waals surface area contributed by atoms with Gasteiger partial charge in [0.1, 0.15) is 0 Å². The number of benzene rings is 2. The van der Waals surface area contributed by atoms with Crippen LogP contribution in [-0.2, 0) is 14.3 Å². The molecule has 2 aromatic carbocycles. The van der Waals surface area contributed by atoms with E-state index >= 15 is 0 Å². The molecular formula is C23H26O6. The van der Waals surface area contributed by atoms with E-state index < -0.39 is 5.97 Å². The third-order valence-corrected chi connectivity index (χ3v) is 4.10. The molecule has 154 valence electrons. The number of esters is 1. The number of carbonyl (C=O) groups is 4. The Kier molecular flexibility index (Phi) is 10.0. The minimum atomic E-state index is -0.939. The lowest BCUT2D eigenvalue weighted by atomic mass is 10.1. The highest BCUT2D eigenvalue weighted by atomic mass is 16.5. The van der Waals surface area contributed by atoms with Gasteiger partial charge in [0.2, 0.25) is 0 Å². The second-order valence-corrected chi connectivity index (χ2v) is 6.55. The quantitative estimate of drug-likeness (QED) is 0.529. The van der Waals surface area contributed by atoms with Crippen molar-refractivity contribution in [2.75, 3.05) is 7.11 Å². The number of carboxylic acids is 1. The second kappa shape index (κ2) is 12.2. The van der Waals surface area contributed by atoms with Gasteiger partial charge in [0.25, 0.3) is 0 Å². The summed E-state index contributed by atoms with van der Waals surface area (Å²) in [6, 6.07) is 14.4. The number of aliphatic carboxylic acids is 1. The molecule has 0 heterocycles. The summed E-state index contributed by atoms with van der Waals surface area (Å²) in [6.45, 7) is 3.90. The van der Waals surface area contributed by atoms with E-state index in [-0.39, 0.29) is 43.2 Å². The molecular weight excluding hydrogens is 372 g/mol. The average Bonchev–Trinajstić information content (AvgIpc) is 2.71. The number of aryl methyl sites for hydroxylation is 2.